The van der Waals surface area contributed by atoms with E-state index in [1.54, 1.807) is 0 Å². The Bertz CT molecular complexity index is 378. The molecule has 1 unspecified atom stereocenters. The van der Waals surface area contributed by atoms with Gasteiger partial charge in [0.25, 0.3) is 6.43 Å². The second kappa shape index (κ2) is 5.13. The second-order valence-electron chi connectivity index (χ2n) is 4.67. The zero-order valence-corrected chi connectivity index (χ0v) is 10.2. The molecule has 0 bridgehead atoms. The van der Waals surface area contributed by atoms with Crippen LogP contribution in [0.25, 0.3) is 0 Å². The first kappa shape index (κ1) is 12.5. The van der Waals surface area contributed by atoms with Crippen molar-refractivity contribution in [2.75, 3.05) is 6.54 Å². The lowest BCUT2D eigenvalue weighted by molar-refractivity contribution is 0.0221. The quantitative estimate of drug-likeness (QED) is 0.796. The molecule has 1 atom stereocenters. The van der Waals surface area contributed by atoms with Gasteiger partial charge in [0, 0.05) is 0 Å². The number of benzene rings is 1. The van der Waals surface area contributed by atoms with Crippen LogP contribution in [0.2, 0.25) is 0 Å². The molecule has 0 heterocycles. The van der Waals surface area contributed by atoms with E-state index < -0.39 is 12.0 Å². The van der Waals surface area contributed by atoms with Crippen LogP contribution in [0, 0.1) is 0 Å². The largest absolute Gasteiger partial charge is 0.303 e. The van der Waals surface area contributed by atoms with Crippen molar-refractivity contribution in [3.8, 4) is 0 Å². The highest BCUT2D eigenvalue weighted by molar-refractivity contribution is 5.35. The summed E-state index contributed by atoms with van der Waals surface area (Å²) in [6.07, 6.45) is 0.927. The van der Waals surface area contributed by atoms with Crippen molar-refractivity contribution < 1.29 is 8.78 Å². The molecule has 1 aliphatic carbocycles. The molecule has 0 amide bonds. The summed E-state index contributed by atoms with van der Waals surface area (Å²) in [4.78, 5) is 0. The minimum absolute atomic E-state index is 0.523. The van der Waals surface area contributed by atoms with Crippen molar-refractivity contribution in [2.45, 2.75) is 44.6 Å². The van der Waals surface area contributed by atoms with Gasteiger partial charge in [-0.2, -0.15) is 0 Å². The van der Waals surface area contributed by atoms with Gasteiger partial charge in [-0.05, 0) is 36.9 Å². The molecule has 0 spiro atoms. The number of hydrogen-bond donors (Lipinski definition) is 1. The molecular weight excluding hydrogens is 220 g/mol. The van der Waals surface area contributed by atoms with Crippen molar-refractivity contribution in [3.63, 3.8) is 0 Å². The first-order valence-electron chi connectivity index (χ1n) is 6.32. The van der Waals surface area contributed by atoms with Crippen LogP contribution in [0.3, 0.4) is 0 Å². The third-order valence-electron chi connectivity index (χ3n) is 3.63. The van der Waals surface area contributed by atoms with E-state index in [4.69, 9.17) is 0 Å². The summed E-state index contributed by atoms with van der Waals surface area (Å²) in [6, 6.07) is 7.63. The van der Waals surface area contributed by atoms with E-state index in [0.717, 1.165) is 30.4 Å². The monoisotopic (exact) mass is 239 g/mol. The molecule has 2 rings (SSSR count). The summed E-state index contributed by atoms with van der Waals surface area (Å²) in [7, 11) is 0. The van der Waals surface area contributed by atoms with Crippen molar-refractivity contribution in [3.05, 3.63) is 35.4 Å². The minimum atomic E-state index is -2.36. The van der Waals surface area contributed by atoms with Crippen LogP contribution in [0.1, 0.15) is 37.3 Å². The Morgan fingerprint density at radius 2 is 2.06 bits per heavy atom. The Balaban J connectivity index is 2.50. The topological polar surface area (TPSA) is 12.0 Å². The molecule has 0 aromatic heterocycles. The van der Waals surface area contributed by atoms with Gasteiger partial charge in [-0.1, -0.05) is 37.6 Å². The number of nitrogens with one attached hydrogen (secondary N) is 1. The molecule has 1 aliphatic rings. The third kappa shape index (κ3) is 2.21. The molecule has 0 saturated heterocycles. The number of fused-ring (bicyclic) bond motifs is 1. The van der Waals surface area contributed by atoms with Crippen molar-refractivity contribution in [2.24, 2.45) is 0 Å². The lowest BCUT2D eigenvalue weighted by Crippen LogP contribution is -2.48. The Morgan fingerprint density at radius 1 is 1.29 bits per heavy atom. The van der Waals surface area contributed by atoms with Crippen molar-refractivity contribution >= 4 is 0 Å². The lowest BCUT2D eigenvalue weighted by atomic mass is 9.84. The zero-order chi connectivity index (χ0) is 12.3. The molecule has 1 nitrogen and oxygen atoms in total. The maximum absolute atomic E-state index is 13.6. The smallest absolute Gasteiger partial charge is 0.260 e. The summed E-state index contributed by atoms with van der Waals surface area (Å²) in [6.45, 7) is 2.45. The number of rotatable bonds is 3. The Kier molecular flexibility index (Phi) is 3.77. The molecular formula is C14H19F2N. The molecule has 17 heavy (non-hydrogen) atoms. The fourth-order valence-electron chi connectivity index (χ4n) is 2.83. The summed E-state index contributed by atoms with van der Waals surface area (Å²) < 4.78 is 27.1. The van der Waals surface area contributed by atoms with Crippen molar-refractivity contribution in [1.29, 1.82) is 0 Å². The first-order chi connectivity index (χ1) is 8.20. The van der Waals surface area contributed by atoms with Crippen molar-refractivity contribution in [1.82, 2.24) is 5.32 Å². The number of aryl methyl sites for hydroxylation is 1. The van der Waals surface area contributed by atoms with Gasteiger partial charge in [0.2, 0.25) is 0 Å². The van der Waals surface area contributed by atoms with E-state index >= 15 is 0 Å². The fraction of sp³-hybridized carbons (Fsp3) is 0.571. The number of hydrogen-bond acceptors (Lipinski definition) is 1. The van der Waals surface area contributed by atoms with Crippen LogP contribution in [0.4, 0.5) is 8.78 Å². The van der Waals surface area contributed by atoms with Gasteiger partial charge >= 0.3 is 0 Å². The SMILES string of the molecule is CCNC1(C(F)F)CCCCc2ccccc21. The maximum Gasteiger partial charge on any atom is 0.260 e. The van der Waals surface area contributed by atoms with Gasteiger partial charge < -0.3 is 5.32 Å². The Hall–Kier alpha value is -0.960. The van der Waals surface area contributed by atoms with Crippen LogP contribution in [-0.2, 0) is 12.0 Å². The summed E-state index contributed by atoms with van der Waals surface area (Å²) >= 11 is 0. The summed E-state index contributed by atoms with van der Waals surface area (Å²) in [5.74, 6) is 0. The van der Waals surface area contributed by atoms with Gasteiger partial charge in [0.05, 0.1) is 0 Å². The van der Waals surface area contributed by atoms with E-state index in [9.17, 15) is 8.78 Å². The van der Waals surface area contributed by atoms with Gasteiger partial charge in [-0.15, -0.1) is 0 Å². The van der Waals surface area contributed by atoms with E-state index in [1.807, 2.05) is 31.2 Å². The molecule has 3 heteroatoms. The average Bonchev–Trinajstić information content (AvgIpc) is 2.51. The number of alkyl halides is 2. The standard InChI is InChI=1S/C14H19F2N/c1-2-17-14(13(15)16)10-6-5-8-11-7-3-4-9-12(11)14/h3-4,7,9,13,17H,2,5-6,8,10H2,1H3. The van der Waals surface area contributed by atoms with Crippen LogP contribution < -0.4 is 5.32 Å². The molecule has 1 aromatic carbocycles. The minimum Gasteiger partial charge on any atom is -0.303 e. The molecule has 1 aromatic rings. The second-order valence-corrected chi connectivity index (χ2v) is 4.67. The molecule has 94 valence electrons. The fourth-order valence-corrected chi connectivity index (χ4v) is 2.83. The van der Waals surface area contributed by atoms with Gasteiger partial charge in [-0.25, -0.2) is 8.78 Å². The highest BCUT2D eigenvalue weighted by Crippen LogP contribution is 2.38. The van der Waals surface area contributed by atoms with Gasteiger partial charge in [0.1, 0.15) is 5.54 Å². The zero-order valence-electron chi connectivity index (χ0n) is 10.2. The Labute approximate surface area is 101 Å². The van der Waals surface area contributed by atoms with Crippen LogP contribution >= 0.6 is 0 Å². The maximum atomic E-state index is 13.6. The summed E-state index contributed by atoms with van der Waals surface area (Å²) in [5.41, 5.74) is 0.738. The normalized spacial score (nSPS) is 24.5. The van der Waals surface area contributed by atoms with E-state index in [0.29, 0.717) is 13.0 Å². The molecule has 0 radical (unpaired) electrons. The third-order valence-corrected chi connectivity index (χ3v) is 3.63. The Morgan fingerprint density at radius 3 is 2.76 bits per heavy atom. The highest BCUT2D eigenvalue weighted by atomic mass is 19.3. The van der Waals surface area contributed by atoms with Crippen LogP contribution in [-0.4, -0.2) is 13.0 Å². The lowest BCUT2D eigenvalue weighted by Gasteiger charge is -2.34. The van der Waals surface area contributed by atoms with E-state index in [1.165, 1.54) is 0 Å². The molecule has 0 saturated carbocycles. The highest BCUT2D eigenvalue weighted by Gasteiger charge is 2.42. The van der Waals surface area contributed by atoms with E-state index in [2.05, 4.69) is 5.32 Å². The number of halogens is 2. The van der Waals surface area contributed by atoms with Gasteiger partial charge in [0.15, 0.2) is 0 Å². The average molecular weight is 239 g/mol. The molecule has 0 aliphatic heterocycles. The summed E-state index contributed by atoms with van der Waals surface area (Å²) in [5, 5.41) is 3.04. The van der Waals surface area contributed by atoms with E-state index in [-0.39, 0.29) is 0 Å². The molecule has 1 N–H and O–H groups in total. The predicted octanol–water partition coefficient (Wildman–Crippen LogP) is 3.48. The predicted molar refractivity (Wildman–Crippen MR) is 65.4 cm³/mol. The van der Waals surface area contributed by atoms with Crippen LogP contribution in [0.5, 0.6) is 0 Å². The van der Waals surface area contributed by atoms with Crippen LogP contribution in [0.15, 0.2) is 24.3 Å². The molecule has 0 fully saturated rings. The first-order valence-corrected chi connectivity index (χ1v) is 6.32. The van der Waals surface area contributed by atoms with Gasteiger partial charge in [-0.3, -0.25) is 0 Å².